The van der Waals surface area contributed by atoms with Gasteiger partial charge in [-0.05, 0) is 42.2 Å². The predicted octanol–water partition coefficient (Wildman–Crippen LogP) is 3.78. The average Bonchev–Trinajstić information content (AvgIpc) is 3.00. The Morgan fingerprint density at radius 2 is 1.91 bits per heavy atom. The normalized spacial score (nSPS) is 14.5. The van der Waals surface area contributed by atoms with Crippen molar-refractivity contribution in [3.63, 3.8) is 0 Å². The Kier molecular flexibility index (Phi) is 4.14. The summed E-state index contributed by atoms with van der Waals surface area (Å²) in [6.07, 6.45) is 1.74. The third kappa shape index (κ3) is 2.59. The number of rotatable bonds is 4. The molecule has 0 spiro atoms. The molecule has 3 rings (SSSR count). The second-order valence-electron chi connectivity index (χ2n) is 5.60. The zero-order valence-electron chi connectivity index (χ0n) is 13.1. The third-order valence-electron chi connectivity index (χ3n) is 4.38. The van der Waals surface area contributed by atoms with Crippen LogP contribution >= 0.6 is 0 Å². The number of para-hydroxylation sites is 1. The Morgan fingerprint density at radius 1 is 1.18 bits per heavy atom. The zero-order chi connectivity index (χ0) is 15.5. The number of ether oxygens (including phenoxy) is 1. The van der Waals surface area contributed by atoms with Crippen LogP contribution < -0.4 is 9.64 Å². The lowest BCUT2D eigenvalue weighted by atomic mass is 9.95. The number of carbonyl (C=O) groups excluding carboxylic acids is 1. The second-order valence-corrected chi connectivity index (χ2v) is 5.60. The second kappa shape index (κ2) is 6.22. The van der Waals surface area contributed by atoms with Crippen LogP contribution in [0.1, 0.15) is 30.4 Å². The summed E-state index contributed by atoms with van der Waals surface area (Å²) in [5, 5.41) is 0. The molecular weight excluding hydrogens is 274 g/mol. The van der Waals surface area contributed by atoms with Crippen LogP contribution in [-0.2, 0) is 11.2 Å². The van der Waals surface area contributed by atoms with E-state index in [1.54, 1.807) is 7.11 Å². The Morgan fingerprint density at radius 3 is 2.59 bits per heavy atom. The molecule has 0 aromatic heterocycles. The molecule has 22 heavy (non-hydrogen) atoms. The molecule has 0 aliphatic carbocycles. The molecule has 3 heteroatoms. The summed E-state index contributed by atoms with van der Waals surface area (Å²) in [7, 11) is 1.65. The van der Waals surface area contributed by atoms with Crippen molar-refractivity contribution >= 4 is 11.6 Å². The van der Waals surface area contributed by atoms with E-state index in [0.717, 1.165) is 36.4 Å². The fraction of sp³-hybridized carbons (Fsp3) is 0.316. The molecule has 1 heterocycles. The summed E-state index contributed by atoms with van der Waals surface area (Å²) in [6.45, 7) is 2.85. The monoisotopic (exact) mass is 295 g/mol. The molecule has 0 fully saturated rings. The molecule has 0 radical (unpaired) electrons. The van der Waals surface area contributed by atoms with Crippen LogP contribution in [0, 0.1) is 0 Å². The summed E-state index contributed by atoms with van der Waals surface area (Å²) in [4.78, 5) is 14.9. The summed E-state index contributed by atoms with van der Waals surface area (Å²) < 4.78 is 5.19. The number of hydrogen-bond donors (Lipinski definition) is 0. The molecule has 0 bridgehead atoms. The molecule has 0 N–H and O–H groups in total. The van der Waals surface area contributed by atoms with E-state index in [0.29, 0.717) is 0 Å². The molecule has 0 saturated heterocycles. The number of amides is 1. The summed E-state index contributed by atoms with van der Waals surface area (Å²) >= 11 is 0. The van der Waals surface area contributed by atoms with Gasteiger partial charge in [0, 0.05) is 12.2 Å². The van der Waals surface area contributed by atoms with Gasteiger partial charge in [0.25, 0.3) is 0 Å². The Hall–Kier alpha value is -2.29. The third-order valence-corrected chi connectivity index (χ3v) is 4.38. The van der Waals surface area contributed by atoms with Crippen molar-refractivity contribution in [3.8, 4) is 5.75 Å². The van der Waals surface area contributed by atoms with E-state index in [4.69, 9.17) is 4.74 Å². The quantitative estimate of drug-likeness (QED) is 0.859. The molecule has 1 aliphatic rings. The molecule has 3 nitrogen and oxygen atoms in total. The van der Waals surface area contributed by atoms with Gasteiger partial charge in [0.1, 0.15) is 5.75 Å². The first-order valence-electron chi connectivity index (χ1n) is 7.77. The molecular formula is C19H21NO2. The minimum atomic E-state index is -0.0999. The number of anilines is 1. The fourth-order valence-electron chi connectivity index (χ4n) is 3.14. The van der Waals surface area contributed by atoms with Crippen molar-refractivity contribution < 1.29 is 9.53 Å². The van der Waals surface area contributed by atoms with Crippen LogP contribution in [0.4, 0.5) is 5.69 Å². The van der Waals surface area contributed by atoms with Crippen molar-refractivity contribution in [2.45, 2.75) is 25.7 Å². The maximum Gasteiger partial charge on any atom is 0.234 e. The van der Waals surface area contributed by atoms with Crippen molar-refractivity contribution in [3.05, 3.63) is 59.7 Å². The number of hydrogen-bond acceptors (Lipinski definition) is 2. The van der Waals surface area contributed by atoms with Gasteiger partial charge in [0.15, 0.2) is 0 Å². The van der Waals surface area contributed by atoms with E-state index in [9.17, 15) is 4.79 Å². The number of carbonyl (C=O) groups is 1. The Labute approximate surface area is 131 Å². The first-order chi connectivity index (χ1) is 10.7. The number of nitrogens with zero attached hydrogens (tertiary/aromatic N) is 1. The smallest absolute Gasteiger partial charge is 0.234 e. The summed E-state index contributed by atoms with van der Waals surface area (Å²) in [6, 6.07) is 16.0. The van der Waals surface area contributed by atoms with Crippen LogP contribution in [0.5, 0.6) is 5.75 Å². The standard InChI is InChI=1S/C19H21NO2/c1-3-17(14-8-10-16(22-2)11-9-14)19(21)20-13-12-15-6-4-5-7-18(15)20/h4-11,17H,3,12-13H2,1-2H3/t17-/m0/s1. The van der Waals surface area contributed by atoms with E-state index >= 15 is 0 Å². The lowest BCUT2D eigenvalue weighted by Gasteiger charge is -2.23. The highest BCUT2D eigenvalue weighted by Gasteiger charge is 2.29. The molecule has 2 aromatic rings. The van der Waals surface area contributed by atoms with Crippen molar-refractivity contribution in [1.82, 2.24) is 0 Å². The average molecular weight is 295 g/mol. The number of methoxy groups -OCH3 is 1. The highest BCUT2D eigenvalue weighted by atomic mass is 16.5. The van der Waals surface area contributed by atoms with Gasteiger partial charge in [-0.1, -0.05) is 37.3 Å². The minimum absolute atomic E-state index is 0.0999. The van der Waals surface area contributed by atoms with Crippen molar-refractivity contribution in [2.75, 3.05) is 18.6 Å². The molecule has 1 amide bonds. The zero-order valence-corrected chi connectivity index (χ0v) is 13.1. The van der Waals surface area contributed by atoms with E-state index in [-0.39, 0.29) is 11.8 Å². The first kappa shape index (κ1) is 14.6. The lowest BCUT2D eigenvalue weighted by molar-refractivity contribution is -0.120. The lowest BCUT2D eigenvalue weighted by Crippen LogP contribution is -2.33. The topological polar surface area (TPSA) is 29.5 Å². The molecule has 2 aromatic carbocycles. The maximum absolute atomic E-state index is 13.0. The predicted molar refractivity (Wildman–Crippen MR) is 88.5 cm³/mol. The minimum Gasteiger partial charge on any atom is -0.497 e. The van der Waals surface area contributed by atoms with Crippen molar-refractivity contribution in [2.24, 2.45) is 0 Å². The van der Waals surface area contributed by atoms with Gasteiger partial charge < -0.3 is 9.64 Å². The van der Waals surface area contributed by atoms with Gasteiger partial charge in [-0.3, -0.25) is 4.79 Å². The number of fused-ring (bicyclic) bond motifs is 1. The van der Waals surface area contributed by atoms with Gasteiger partial charge in [-0.15, -0.1) is 0 Å². The van der Waals surface area contributed by atoms with Gasteiger partial charge >= 0.3 is 0 Å². The molecule has 1 atom stereocenters. The van der Waals surface area contributed by atoms with Crippen LogP contribution in [0.2, 0.25) is 0 Å². The summed E-state index contributed by atoms with van der Waals surface area (Å²) in [5.74, 6) is 0.909. The molecule has 0 unspecified atom stereocenters. The van der Waals surface area contributed by atoms with Crippen LogP contribution in [-0.4, -0.2) is 19.6 Å². The largest absolute Gasteiger partial charge is 0.497 e. The van der Waals surface area contributed by atoms with Crippen LogP contribution in [0.3, 0.4) is 0 Å². The van der Waals surface area contributed by atoms with Gasteiger partial charge in [0.05, 0.1) is 13.0 Å². The van der Waals surface area contributed by atoms with Crippen LogP contribution in [0.15, 0.2) is 48.5 Å². The Bertz CT molecular complexity index is 663. The summed E-state index contributed by atoms with van der Waals surface area (Å²) in [5.41, 5.74) is 3.39. The van der Waals surface area contributed by atoms with E-state index < -0.39 is 0 Å². The van der Waals surface area contributed by atoms with Gasteiger partial charge in [-0.25, -0.2) is 0 Å². The molecule has 114 valence electrons. The first-order valence-corrected chi connectivity index (χ1v) is 7.77. The fourth-order valence-corrected chi connectivity index (χ4v) is 3.14. The van der Waals surface area contributed by atoms with E-state index in [2.05, 4.69) is 13.0 Å². The Balaban J connectivity index is 1.86. The van der Waals surface area contributed by atoms with Crippen LogP contribution in [0.25, 0.3) is 0 Å². The highest BCUT2D eigenvalue weighted by molar-refractivity contribution is 5.99. The maximum atomic E-state index is 13.0. The highest BCUT2D eigenvalue weighted by Crippen LogP contribution is 2.32. The van der Waals surface area contributed by atoms with Gasteiger partial charge in [-0.2, -0.15) is 0 Å². The van der Waals surface area contributed by atoms with E-state index in [1.807, 2.05) is 47.4 Å². The number of benzene rings is 2. The SMILES string of the molecule is CC[C@H](C(=O)N1CCc2ccccc21)c1ccc(OC)cc1. The molecule has 0 saturated carbocycles. The molecule has 1 aliphatic heterocycles. The van der Waals surface area contributed by atoms with Crippen molar-refractivity contribution in [1.29, 1.82) is 0 Å². The van der Waals surface area contributed by atoms with Gasteiger partial charge in [0.2, 0.25) is 5.91 Å². The van der Waals surface area contributed by atoms with E-state index in [1.165, 1.54) is 5.56 Å².